The molecular formula is C16H16N4O3S2. The Balaban J connectivity index is 1.55. The summed E-state index contributed by atoms with van der Waals surface area (Å²) in [5, 5.41) is 7.70. The molecule has 0 atom stereocenters. The zero-order chi connectivity index (χ0) is 17.8. The minimum atomic E-state index is -0.201. The number of hydrogen-bond donors (Lipinski definition) is 1. The number of rotatable bonds is 6. The number of methoxy groups -OCH3 is 1. The van der Waals surface area contributed by atoms with E-state index in [2.05, 4.69) is 15.4 Å². The van der Waals surface area contributed by atoms with Crippen LogP contribution in [0.3, 0.4) is 0 Å². The molecule has 3 aromatic rings. The molecule has 0 unspecified atom stereocenters. The number of ether oxygens (including phenoxy) is 1. The first-order chi connectivity index (χ1) is 12.0. The number of aromatic nitrogens is 3. The Morgan fingerprint density at radius 3 is 2.84 bits per heavy atom. The second-order valence-corrected chi connectivity index (χ2v) is 7.32. The van der Waals surface area contributed by atoms with E-state index in [0.29, 0.717) is 22.1 Å². The van der Waals surface area contributed by atoms with Crippen molar-refractivity contribution in [2.24, 2.45) is 0 Å². The molecule has 1 N–H and O–H groups in total. The second kappa shape index (κ2) is 7.66. The van der Waals surface area contributed by atoms with E-state index in [-0.39, 0.29) is 17.2 Å². The number of carbonyl (C=O) groups is 1. The highest BCUT2D eigenvalue weighted by atomic mass is 32.2. The van der Waals surface area contributed by atoms with Crippen LogP contribution >= 0.6 is 23.1 Å². The molecule has 0 fully saturated rings. The fourth-order valence-corrected chi connectivity index (χ4v) is 3.63. The summed E-state index contributed by atoms with van der Waals surface area (Å²) in [6.45, 7) is 1.83. The van der Waals surface area contributed by atoms with Gasteiger partial charge in [-0.1, -0.05) is 11.3 Å². The molecule has 0 saturated heterocycles. The number of nitrogens with one attached hydrogen (secondary N) is 1. The van der Waals surface area contributed by atoms with E-state index in [1.54, 1.807) is 31.4 Å². The SMILES string of the molecule is COc1ccc(NC(=O)CSCc2cc(=O)n3nc(C)sc3n2)cc1. The predicted octanol–water partition coefficient (Wildman–Crippen LogP) is 2.34. The van der Waals surface area contributed by atoms with Crippen LogP contribution < -0.4 is 15.6 Å². The molecule has 0 aliphatic carbocycles. The quantitative estimate of drug-likeness (QED) is 0.711. The molecule has 0 radical (unpaired) electrons. The van der Waals surface area contributed by atoms with Crippen molar-refractivity contribution in [2.75, 3.05) is 18.2 Å². The van der Waals surface area contributed by atoms with Crippen LogP contribution in [-0.2, 0) is 10.5 Å². The number of aryl methyl sites for hydroxylation is 1. The molecule has 0 aliphatic rings. The van der Waals surface area contributed by atoms with Crippen molar-refractivity contribution >= 4 is 39.7 Å². The number of amides is 1. The van der Waals surface area contributed by atoms with Crippen molar-refractivity contribution in [1.29, 1.82) is 0 Å². The summed E-state index contributed by atoms with van der Waals surface area (Å²) >= 11 is 2.77. The first kappa shape index (κ1) is 17.4. The van der Waals surface area contributed by atoms with Crippen LogP contribution in [0.5, 0.6) is 5.75 Å². The summed E-state index contributed by atoms with van der Waals surface area (Å²) in [6.07, 6.45) is 0. The molecular weight excluding hydrogens is 360 g/mol. The molecule has 3 rings (SSSR count). The molecule has 130 valence electrons. The van der Waals surface area contributed by atoms with Crippen molar-refractivity contribution in [2.45, 2.75) is 12.7 Å². The molecule has 7 nitrogen and oxygen atoms in total. The highest BCUT2D eigenvalue weighted by Gasteiger charge is 2.08. The minimum absolute atomic E-state index is 0.110. The van der Waals surface area contributed by atoms with Gasteiger partial charge in [0.1, 0.15) is 10.8 Å². The highest BCUT2D eigenvalue weighted by molar-refractivity contribution is 7.99. The van der Waals surface area contributed by atoms with Crippen LogP contribution in [0.2, 0.25) is 0 Å². The van der Waals surface area contributed by atoms with Gasteiger partial charge in [-0.25, -0.2) is 4.98 Å². The predicted molar refractivity (Wildman–Crippen MR) is 99.7 cm³/mol. The van der Waals surface area contributed by atoms with Gasteiger partial charge in [-0.3, -0.25) is 9.59 Å². The molecule has 0 aliphatic heterocycles. The van der Waals surface area contributed by atoms with E-state index in [9.17, 15) is 9.59 Å². The first-order valence-corrected chi connectivity index (χ1v) is 9.40. The number of nitrogens with zero attached hydrogens (tertiary/aromatic N) is 3. The van der Waals surface area contributed by atoms with Crippen LogP contribution in [0, 0.1) is 6.92 Å². The second-order valence-electron chi connectivity index (χ2n) is 5.17. The summed E-state index contributed by atoms with van der Waals surface area (Å²) in [7, 11) is 1.59. The van der Waals surface area contributed by atoms with Crippen LogP contribution in [-0.4, -0.2) is 33.4 Å². The normalized spacial score (nSPS) is 10.8. The molecule has 1 aromatic carbocycles. The lowest BCUT2D eigenvalue weighted by atomic mass is 10.3. The smallest absolute Gasteiger partial charge is 0.275 e. The average Bonchev–Trinajstić information content (AvgIpc) is 2.96. The van der Waals surface area contributed by atoms with Crippen molar-refractivity contribution in [3.63, 3.8) is 0 Å². The summed E-state index contributed by atoms with van der Waals surface area (Å²) in [5.41, 5.74) is 1.16. The molecule has 1 amide bonds. The van der Waals surface area contributed by atoms with Gasteiger partial charge in [0.25, 0.3) is 5.56 Å². The molecule has 0 saturated carbocycles. The minimum Gasteiger partial charge on any atom is -0.497 e. The maximum absolute atomic E-state index is 12.0. The maximum atomic E-state index is 12.0. The van der Waals surface area contributed by atoms with E-state index < -0.39 is 0 Å². The van der Waals surface area contributed by atoms with Crippen molar-refractivity contribution < 1.29 is 9.53 Å². The number of fused-ring (bicyclic) bond motifs is 1. The highest BCUT2D eigenvalue weighted by Crippen LogP contribution is 2.16. The topological polar surface area (TPSA) is 85.6 Å². The van der Waals surface area contributed by atoms with E-state index in [0.717, 1.165) is 10.8 Å². The molecule has 2 heterocycles. The molecule has 2 aromatic heterocycles. The lowest BCUT2D eigenvalue weighted by Crippen LogP contribution is -2.16. The van der Waals surface area contributed by atoms with Crippen molar-refractivity contribution in [3.05, 3.63) is 51.4 Å². The Bertz CT molecular complexity index is 950. The van der Waals surface area contributed by atoms with Gasteiger partial charge in [0, 0.05) is 17.5 Å². The summed E-state index contributed by atoms with van der Waals surface area (Å²) in [5.74, 6) is 1.38. The first-order valence-electron chi connectivity index (χ1n) is 7.43. The van der Waals surface area contributed by atoms with Crippen molar-refractivity contribution in [3.8, 4) is 5.75 Å². The zero-order valence-electron chi connectivity index (χ0n) is 13.7. The Hall–Kier alpha value is -2.39. The van der Waals surface area contributed by atoms with Crippen LogP contribution in [0.25, 0.3) is 4.96 Å². The van der Waals surface area contributed by atoms with Gasteiger partial charge in [0.15, 0.2) is 0 Å². The fraction of sp³-hybridized carbons (Fsp3) is 0.250. The molecule has 0 bridgehead atoms. The van der Waals surface area contributed by atoms with Gasteiger partial charge in [-0.05, 0) is 31.2 Å². The van der Waals surface area contributed by atoms with Gasteiger partial charge in [-0.15, -0.1) is 11.8 Å². The lowest BCUT2D eigenvalue weighted by molar-refractivity contribution is -0.113. The number of thioether (sulfide) groups is 1. The Morgan fingerprint density at radius 1 is 1.36 bits per heavy atom. The van der Waals surface area contributed by atoms with Gasteiger partial charge in [-0.2, -0.15) is 9.61 Å². The van der Waals surface area contributed by atoms with Crippen LogP contribution in [0.15, 0.2) is 35.1 Å². The maximum Gasteiger partial charge on any atom is 0.275 e. The Morgan fingerprint density at radius 2 is 2.12 bits per heavy atom. The summed E-state index contributed by atoms with van der Waals surface area (Å²) in [6, 6.07) is 8.59. The van der Waals surface area contributed by atoms with E-state index in [4.69, 9.17) is 4.74 Å². The largest absolute Gasteiger partial charge is 0.497 e. The fourth-order valence-electron chi connectivity index (χ4n) is 2.15. The summed E-state index contributed by atoms with van der Waals surface area (Å²) in [4.78, 5) is 28.9. The van der Waals surface area contributed by atoms with Crippen LogP contribution in [0.1, 0.15) is 10.7 Å². The molecule has 0 spiro atoms. The Kier molecular flexibility index (Phi) is 5.34. The van der Waals surface area contributed by atoms with E-state index >= 15 is 0 Å². The van der Waals surface area contributed by atoms with E-state index in [1.165, 1.54) is 33.7 Å². The Labute approximate surface area is 152 Å². The number of hydrogen-bond acceptors (Lipinski definition) is 7. The third-order valence-corrected chi connectivity index (χ3v) is 5.05. The van der Waals surface area contributed by atoms with Crippen molar-refractivity contribution in [1.82, 2.24) is 14.6 Å². The number of anilines is 1. The lowest BCUT2D eigenvalue weighted by Gasteiger charge is -2.06. The van der Waals surface area contributed by atoms with Crippen LogP contribution in [0.4, 0.5) is 5.69 Å². The standard InChI is InChI=1S/C16H16N4O3S2/c1-10-19-20-15(22)7-12(18-16(20)25-10)8-24-9-14(21)17-11-3-5-13(23-2)6-4-11/h3-7H,8-9H2,1-2H3,(H,17,21). The number of benzene rings is 1. The average molecular weight is 376 g/mol. The third kappa shape index (κ3) is 4.37. The van der Waals surface area contributed by atoms with Gasteiger partial charge in [0.05, 0.1) is 18.6 Å². The molecule has 25 heavy (non-hydrogen) atoms. The zero-order valence-corrected chi connectivity index (χ0v) is 15.3. The van der Waals surface area contributed by atoms with E-state index in [1.807, 2.05) is 6.92 Å². The monoisotopic (exact) mass is 376 g/mol. The third-order valence-electron chi connectivity index (χ3n) is 3.26. The van der Waals surface area contributed by atoms with Gasteiger partial charge < -0.3 is 10.1 Å². The van der Waals surface area contributed by atoms with Gasteiger partial charge in [0.2, 0.25) is 10.9 Å². The summed E-state index contributed by atoms with van der Waals surface area (Å²) < 4.78 is 6.37. The molecule has 9 heteroatoms. The van der Waals surface area contributed by atoms with Gasteiger partial charge >= 0.3 is 0 Å². The number of carbonyl (C=O) groups excluding carboxylic acids is 1.